The smallest absolute Gasteiger partial charge is 0.144 e. The van der Waals surface area contributed by atoms with Gasteiger partial charge in [0.1, 0.15) is 22.3 Å². The predicted octanol–water partition coefficient (Wildman–Crippen LogP) is 25.7. The normalized spacial score (nSPS) is 14.4. The number of anilines is 6. The van der Waals surface area contributed by atoms with Gasteiger partial charge in [-0.05, 0) is 171 Å². The van der Waals surface area contributed by atoms with Gasteiger partial charge in [-0.3, -0.25) is 0 Å². The lowest BCUT2D eigenvalue weighted by Crippen LogP contribution is -2.26. The molecule has 0 unspecified atom stereocenters. The van der Waals surface area contributed by atoms with Crippen molar-refractivity contribution in [2.75, 3.05) is 9.80 Å². The minimum Gasteiger partial charge on any atom is -0.455 e. The summed E-state index contributed by atoms with van der Waals surface area (Å²) in [5.41, 5.74) is 28.3. The molecule has 4 heteroatoms. The van der Waals surface area contributed by atoms with E-state index in [1.807, 2.05) is 0 Å². The predicted molar refractivity (Wildman–Crippen MR) is 384 cm³/mol. The maximum absolute atomic E-state index is 7.13. The number of rotatable bonds is 19. The molecule has 3 aliphatic rings. The molecule has 3 aliphatic carbocycles. The fourth-order valence-corrected chi connectivity index (χ4v) is 17.0. The van der Waals surface area contributed by atoms with Gasteiger partial charge in [0.15, 0.2) is 0 Å². The summed E-state index contributed by atoms with van der Waals surface area (Å²) < 4.78 is 14.2. The van der Waals surface area contributed by atoms with Gasteiger partial charge in [0.2, 0.25) is 0 Å². The maximum atomic E-state index is 7.13. The average molecular weight is 1190 g/mol. The van der Waals surface area contributed by atoms with Crippen molar-refractivity contribution in [3.63, 3.8) is 0 Å². The van der Waals surface area contributed by atoms with E-state index in [2.05, 4.69) is 282 Å². The summed E-state index contributed by atoms with van der Waals surface area (Å²) in [5, 5.41) is 4.82. The van der Waals surface area contributed by atoms with Gasteiger partial charge in [-0.2, -0.15) is 0 Å². The Morgan fingerprint density at radius 1 is 0.319 bits per heavy atom. The first kappa shape index (κ1) is 56.8. The molecule has 0 fully saturated rings. The molecule has 0 bridgehead atoms. The molecule has 0 spiro atoms. The molecule has 2 heterocycles. The molecule has 16 rings (SSSR count). The van der Waals surface area contributed by atoms with E-state index < -0.39 is 0 Å². The van der Waals surface area contributed by atoms with Crippen LogP contribution in [0.2, 0.25) is 0 Å². The first-order valence-electron chi connectivity index (χ1n) is 33.9. The summed E-state index contributed by atoms with van der Waals surface area (Å²) in [7, 11) is 0. The van der Waals surface area contributed by atoms with Gasteiger partial charge in [0.25, 0.3) is 0 Å². The van der Waals surface area contributed by atoms with Crippen LogP contribution in [-0.4, -0.2) is 0 Å². The highest BCUT2D eigenvalue weighted by molar-refractivity contribution is 6.21. The fraction of sp³-hybridized carbons (Fsp3) is 0.241. The topological polar surface area (TPSA) is 32.8 Å². The van der Waals surface area contributed by atoms with Crippen LogP contribution in [0.5, 0.6) is 0 Å². The average Bonchev–Trinajstić information content (AvgIpc) is 1.51. The third-order valence-corrected chi connectivity index (χ3v) is 21.3. The highest BCUT2D eigenvalue weighted by Crippen LogP contribution is 2.65. The van der Waals surface area contributed by atoms with E-state index in [9.17, 15) is 0 Å². The molecule has 4 nitrogen and oxygen atoms in total. The van der Waals surface area contributed by atoms with E-state index in [0.29, 0.717) is 0 Å². The number of hydrogen-bond donors (Lipinski definition) is 0. The monoisotopic (exact) mass is 1180 g/mol. The SMILES string of the molecule is CCCCCCCC1(CCCCCCC)c2cc(N(c3ccc(N(c4ccccc4)c4ccccc4)cc3)c3ccc4c(c3)C(C)(C)c3c5c(c6oc7ccccc7c6c3-4)-c3ccccc3C5(C)C)ccc2-c2c1cc(-c1ccccc1)c1oc3ccccc3c21. The Balaban J connectivity index is 0.935. The molecular weight excluding hydrogens is 1100 g/mol. The van der Waals surface area contributed by atoms with Crippen molar-refractivity contribution in [2.24, 2.45) is 0 Å². The van der Waals surface area contributed by atoms with E-state index in [4.69, 9.17) is 8.83 Å². The molecule has 2 aromatic heterocycles. The molecule has 0 radical (unpaired) electrons. The van der Waals surface area contributed by atoms with Crippen molar-refractivity contribution in [1.29, 1.82) is 0 Å². The van der Waals surface area contributed by atoms with Crippen LogP contribution in [0.3, 0.4) is 0 Å². The van der Waals surface area contributed by atoms with Crippen LogP contribution in [0.15, 0.2) is 239 Å². The minimum absolute atomic E-state index is 0.248. The summed E-state index contributed by atoms with van der Waals surface area (Å²) in [6.07, 6.45) is 14.4. The molecule has 91 heavy (non-hydrogen) atoms. The highest BCUT2D eigenvalue weighted by atomic mass is 16.3. The number of furan rings is 2. The van der Waals surface area contributed by atoms with Gasteiger partial charge in [0, 0.05) is 83.0 Å². The standard InChI is InChI=1S/C87H80N2O2/c1-7-9-11-13-30-52-87(53-31-14-12-10-8-2)72-55-63(49-51-66(72)76-73(87)56-69(57-32-18-15-19-33-57)83-78(76)67-39-25-28-42-74(67)90-83)89(61-46-44-60(45-47-61)88(58-34-20-16-21-35-58)59-36-22-17-23-37-59)62-48-50-65-71(54-62)86(5,6)81-77(65)79-68-40-26-29-43-75(68)91-84(79)80-64-38-24-27-41-70(64)85(3,4)82(80)81/h15-29,32-51,54-56H,7-14,30-31,52-53H2,1-6H3. The molecule has 11 aromatic carbocycles. The second-order valence-corrected chi connectivity index (χ2v) is 27.3. The maximum Gasteiger partial charge on any atom is 0.144 e. The number of para-hydroxylation sites is 4. The molecule has 13 aromatic rings. The van der Waals surface area contributed by atoms with Crippen LogP contribution in [-0.2, 0) is 16.2 Å². The fourth-order valence-electron chi connectivity index (χ4n) is 17.0. The van der Waals surface area contributed by atoms with Crippen LogP contribution in [0, 0.1) is 0 Å². The Morgan fingerprint density at radius 2 is 0.747 bits per heavy atom. The van der Waals surface area contributed by atoms with Gasteiger partial charge < -0.3 is 18.6 Å². The number of nitrogens with zero attached hydrogens (tertiary/aromatic N) is 2. The first-order valence-corrected chi connectivity index (χ1v) is 33.9. The third-order valence-electron chi connectivity index (χ3n) is 21.3. The number of hydrogen-bond acceptors (Lipinski definition) is 4. The summed E-state index contributed by atoms with van der Waals surface area (Å²) in [6, 6.07) is 86.1. The summed E-state index contributed by atoms with van der Waals surface area (Å²) >= 11 is 0. The zero-order valence-corrected chi connectivity index (χ0v) is 53.6. The number of fused-ring (bicyclic) bond motifs is 19. The van der Waals surface area contributed by atoms with E-state index in [-0.39, 0.29) is 16.2 Å². The lowest BCUT2D eigenvalue weighted by molar-refractivity contribution is 0.399. The Hall–Kier alpha value is -9.38. The van der Waals surface area contributed by atoms with Gasteiger partial charge in [0.05, 0.1) is 0 Å². The minimum atomic E-state index is -0.377. The van der Waals surface area contributed by atoms with Crippen molar-refractivity contribution in [3.05, 3.63) is 264 Å². The van der Waals surface area contributed by atoms with Gasteiger partial charge in [-0.25, -0.2) is 0 Å². The van der Waals surface area contributed by atoms with Crippen LogP contribution < -0.4 is 9.80 Å². The zero-order chi connectivity index (χ0) is 61.6. The molecular formula is C87H80N2O2. The van der Waals surface area contributed by atoms with E-state index in [0.717, 1.165) is 69.3 Å². The first-order chi connectivity index (χ1) is 44.6. The largest absolute Gasteiger partial charge is 0.455 e. The number of benzene rings is 11. The van der Waals surface area contributed by atoms with Crippen LogP contribution in [0.4, 0.5) is 34.1 Å². The van der Waals surface area contributed by atoms with Gasteiger partial charge >= 0.3 is 0 Å². The van der Waals surface area contributed by atoms with Gasteiger partial charge in [-0.15, -0.1) is 0 Å². The van der Waals surface area contributed by atoms with Gasteiger partial charge in [-0.1, -0.05) is 245 Å². The molecule has 450 valence electrons. The zero-order valence-electron chi connectivity index (χ0n) is 53.6. The summed E-state index contributed by atoms with van der Waals surface area (Å²) in [6.45, 7) is 14.5. The molecule has 0 saturated carbocycles. The quantitative estimate of drug-likeness (QED) is 0.0756. The molecule has 0 N–H and O–H groups in total. The lowest BCUT2D eigenvalue weighted by Gasteiger charge is -2.35. The Kier molecular flexibility index (Phi) is 14.1. The molecule has 0 atom stereocenters. The Bertz CT molecular complexity index is 4860. The molecule has 0 saturated heterocycles. The van der Waals surface area contributed by atoms with Crippen molar-refractivity contribution in [3.8, 4) is 44.5 Å². The van der Waals surface area contributed by atoms with Crippen LogP contribution in [0.1, 0.15) is 152 Å². The van der Waals surface area contributed by atoms with E-state index in [1.54, 1.807) is 0 Å². The molecule has 0 aliphatic heterocycles. The summed E-state index contributed by atoms with van der Waals surface area (Å²) in [4.78, 5) is 4.95. The summed E-state index contributed by atoms with van der Waals surface area (Å²) in [5.74, 6) is 0. The van der Waals surface area contributed by atoms with Crippen LogP contribution >= 0.6 is 0 Å². The highest BCUT2D eigenvalue weighted by Gasteiger charge is 2.49. The second kappa shape index (κ2) is 22.5. The molecule has 0 amide bonds. The van der Waals surface area contributed by atoms with E-state index >= 15 is 0 Å². The third kappa shape index (κ3) is 8.98. The van der Waals surface area contributed by atoms with Crippen molar-refractivity contribution < 1.29 is 8.83 Å². The van der Waals surface area contributed by atoms with E-state index in [1.165, 1.54) is 164 Å². The van der Waals surface area contributed by atoms with Crippen molar-refractivity contribution in [2.45, 2.75) is 135 Å². The van der Waals surface area contributed by atoms with Crippen molar-refractivity contribution >= 4 is 78.0 Å². The van der Waals surface area contributed by atoms with Crippen molar-refractivity contribution in [1.82, 2.24) is 0 Å². The number of unbranched alkanes of at least 4 members (excludes halogenated alkanes) is 8. The Morgan fingerprint density at radius 3 is 1.34 bits per heavy atom. The lowest BCUT2D eigenvalue weighted by atomic mass is 9.70. The second-order valence-electron chi connectivity index (χ2n) is 27.3. The van der Waals surface area contributed by atoms with Crippen LogP contribution in [0.25, 0.3) is 88.4 Å². The Labute approximate surface area is 536 Å².